The third-order valence-electron chi connectivity index (χ3n) is 1.56. The monoisotopic (exact) mass is 195 g/mol. The van der Waals surface area contributed by atoms with Gasteiger partial charge in [-0.15, -0.1) is 6.58 Å². The van der Waals surface area contributed by atoms with E-state index in [1.807, 2.05) is 30.3 Å². The molecule has 0 aliphatic rings. The van der Waals surface area contributed by atoms with Crippen molar-refractivity contribution in [2.24, 2.45) is 4.36 Å². The lowest BCUT2D eigenvalue weighted by Crippen LogP contribution is -1.89. The number of nitrogens with zero attached hydrogens (tertiary/aromatic N) is 1. The predicted molar refractivity (Wildman–Crippen MR) is 50.7 cm³/mol. The summed E-state index contributed by atoms with van der Waals surface area (Å²) in [6.45, 7) is 3.52. The fraction of sp³-hybridized carbons (Fsp3) is 0.111. The molecular weight excluding hydrogens is 186 g/mol. The third-order valence-corrected chi connectivity index (χ3v) is 1.96. The normalized spacial score (nSPS) is 11.7. The van der Waals surface area contributed by atoms with Crippen LogP contribution in [0.25, 0.3) is 0 Å². The molecule has 0 saturated heterocycles. The smallest absolute Gasteiger partial charge is 0.164 e. The molecule has 1 unspecified atom stereocenters. The highest BCUT2D eigenvalue weighted by Crippen LogP contribution is 2.17. The highest BCUT2D eigenvalue weighted by atomic mass is 32.2. The topological polar surface area (TPSA) is 46.5 Å². The van der Waals surface area contributed by atoms with Gasteiger partial charge < -0.3 is 0 Å². The lowest BCUT2D eigenvalue weighted by molar-refractivity contribution is 0.618. The molecule has 0 N–H and O–H groups in total. The van der Waals surface area contributed by atoms with E-state index in [2.05, 4.69) is 10.9 Å². The quantitative estimate of drug-likeness (QED) is 0.692. The van der Waals surface area contributed by atoms with E-state index in [0.717, 1.165) is 5.56 Å². The van der Waals surface area contributed by atoms with Crippen LogP contribution in [0.15, 0.2) is 47.3 Å². The Balaban J connectivity index is 3.05. The Morgan fingerprint density at radius 3 is 2.38 bits per heavy atom. The molecule has 0 fully saturated rings. The first-order valence-corrected chi connectivity index (χ1v) is 4.75. The van der Waals surface area contributed by atoms with Crippen LogP contribution in [0.5, 0.6) is 0 Å². The van der Waals surface area contributed by atoms with Crippen LogP contribution in [0.4, 0.5) is 0 Å². The van der Waals surface area contributed by atoms with Crippen molar-refractivity contribution in [3.8, 4) is 0 Å². The summed E-state index contributed by atoms with van der Waals surface area (Å²) >= 11 is 0. The summed E-state index contributed by atoms with van der Waals surface area (Å²) in [5.41, 5.74) is 0.821. The first-order valence-electron chi connectivity index (χ1n) is 3.72. The van der Waals surface area contributed by atoms with Crippen molar-refractivity contribution in [2.45, 2.75) is 6.04 Å². The van der Waals surface area contributed by atoms with E-state index in [0.29, 0.717) is 0 Å². The van der Waals surface area contributed by atoms with Gasteiger partial charge in [0, 0.05) is 0 Å². The van der Waals surface area contributed by atoms with Crippen LogP contribution >= 0.6 is 0 Å². The molecule has 0 saturated carbocycles. The van der Waals surface area contributed by atoms with Crippen LogP contribution in [-0.2, 0) is 10.5 Å². The second-order valence-electron chi connectivity index (χ2n) is 2.41. The summed E-state index contributed by atoms with van der Waals surface area (Å²) < 4.78 is 24.1. The molecule has 0 bridgehead atoms. The van der Waals surface area contributed by atoms with Crippen LogP contribution in [-0.4, -0.2) is 8.42 Å². The minimum Gasteiger partial charge on any atom is -0.164 e. The van der Waals surface area contributed by atoms with Crippen molar-refractivity contribution in [3.05, 3.63) is 48.6 Å². The van der Waals surface area contributed by atoms with Crippen LogP contribution in [0.3, 0.4) is 0 Å². The zero-order valence-corrected chi connectivity index (χ0v) is 7.74. The molecule has 1 aromatic rings. The van der Waals surface area contributed by atoms with Gasteiger partial charge in [-0.2, -0.15) is 12.8 Å². The zero-order chi connectivity index (χ0) is 9.68. The van der Waals surface area contributed by atoms with E-state index >= 15 is 0 Å². The minimum atomic E-state index is -2.39. The largest absolute Gasteiger partial charge is 0.312 e. The molecule has 0 aliphatic heterocycles. The summed E-state index contributed by atoms with van der Waals surface area (Å²) in [6, 6.07) is 8.66. The van der Waals surface area contributed by atoms with E-state index in [1.54, 1.807) is 0 Å². The van der Waals surface area contributed by atoms with Crippen molar-refractivity contribution >= 4 is 10.5 Å². The van der Waals surface area contributed by atoms with Crippen LogP contribution in [0.1, 0.15) is 11.6 Å². The van der Waals surface area contributed by atoms with E-state index in [9.17, 15) is 8.42 Å². The first-order chi connectivity index (χ1) is 6.24. The molecule has 3 nitrogen and oxygen atoms in total. The van der Waals surface area contributed by atoms with Crippen LogP contribution in [0.2, 0.25) is 0 Å². The Morgan fingerprint density at radius 2 is 1.92 bits per heavy atom. The Kier molecular flexibility index (Phi) is 3.40. The molecule has 0 heterocycles. The molecule has 4 heteroatoms. The molecule has 1 rings (SSSR count). The lowest BCUT2D eigenvalue weighted by Gasteiger charge is -2.02. The van der Waals surface area contributed by atoms with Gasteiger partial charge in [0.15, 0.2) is 0 Å². The standard InChI is InChI=1S/C9H9NO2S/c1-2-9(10-13(11)12)8-6-4-3-5-7-8/h2-7,9H,1H2. The Labute approximate surface area is 78.4 Å². The van der Waals surface area contributed by atoms with E-state index < -0.39 is 16.5 Å². The molecule has 0 aromatic heterocycles. The number of benzene rings is 1. The van der Waals surface area contributed by atoms with Gasteiger partial charge in [-0.1, -0.05) is 36.4 Å². The SMILES string of the molecule is C=CC(N=S(=O)=O)c1ccccc1. The van der Waals surface area contributed by atoms with Gasteiger partial charge in [0.05, 0.1) is 0 Å². The zero-order valence-electron chi connectivity index (χ0n) is 6.92. The molecule has 68 valence electrons. The van der Waals surface area contributed by atoms with Crippen LogP contribution in [0, 0.1) is 0 Å². The fourth-order valence-corrected chi connectivity index (χ4v) is 1.38. The summed E-state index contributed by atoms with van der Waals surface area (Å²) in [5, 5.41) is 0. The van der Waals surface area contributed by atoms with Gasteiger partial charge >= 0.3 is 10.5 Å². The van der Waals surface area contributed by atoms with Crippen molar-refractivity contribution in [3.63, 3.8) is 0 Å². The Hall–Kier alpha value is -1.42. The van der Waals surface area contributed by atoms with E-state index in [-0.39, 0.29) is 0 Å². The minimum absolute atomic E-state index is 0.473. The van der Waals surface area contributed by atoms with Gasteiger partial charge in [0.2, 0.25) is 0 Å². The maximum atomic E-state index is 10.3. The molecule has 1 aromatic carbocycles. The molecule has 13 heavy (non-hydrogen) atoms. The van der Waals surface area contributed by atoms with Crippen molar-refractivity contribution in [1.29, 1.82) is 0 Å². The van der Waals surface area contributed by atoms with Crippen LogP contribution < -0.4 is 0 Å². The Bertz CT molecular complexity index is 401. The maximum absolute atomic E-state index is 10.3. The van der Waals surface area contributed by atoms with Crippen molar-refractivity contribution in [1.82, 2.24) is 0 Å². The summed E-state index contributed by atoms with van der Waals surface area (Å²) in [5.74, 6) is 0. The van der Waals surface area contributed by atoms with Gasteiger partial charge in [0.1, 0.15) is 6.04 Å². The van der Waals surface area contributed by atoms with Gasteiger partial charge in [-0.25, -0.2) is 0 Å². The van der Waals surface area contributed by atoms with Gasteiger partial charge in [-0.3, -0.25) is 0 Å². The molecule has 1 atom stereocenters. The average molecular weight is 195 g/mol. The first kappa shape index (κ1) is 9.67. The fourth-order valence-electron chi connectivity index (χ4n) is 0.983. The number of rotatable bonds is 3. The second-order valence-corrected chi connectivity index (χ2v) is 3.06. The highest BCUT2D eigenvalue weighted by Gasteiger charge is 2.03. The maximum Gasteiger partial charge on any atom is 0.312 e. The van der Waals surface area contributed by atoms with Crippen molar-refractivity contribution in [2.75, 3.05) is 0 Å². The summed E-state index contributed by atoms with van der Waals surface area (Å²) in [4.78, 5) is 0. The number of hydrogen-bond acceptors (Lipinski definition) is 3. The molecule has 0 aliphatic carbocycles. The van der Waals surface area contributed by atoms with Crippen molar-refractivity contribution < 1.29 is 8.42 Å². The Morgan fingerprint density at radius 1 is 1.31 bits per heavy atom. The highest BCUT2D eigenvalue weighted by molar-refractivity contribution is 7.61. The van der Waals surface area contributed by atoms with E-state index in [1.165, 1.54) is 6.08 Å². The van der Waals surface area contributed by atoms with E-state index in [4.69, 9.17) is 0 Å². The summed E-state index contributed by atoms with van der Waals surface area (Å²) in [7, 11) is -2.39. The molecule has 0 spiro atoms. The average Bonchev–Trinajstić information content (AvgIpc) is 2.15. The third kappa shape index (κ3) is 2.83. The van der Waals surface area contributed by atoms with Gasteiger partial charge in [0.25, 0.3) is 0 Å². The predicted octanol–water partition coefficient (Wildman–Crippen LogP) is 1.98. The second kappa shape index (κ2) is 4.57. The lowest BCUT2D eigenvalue weighted by atomic mass is 10.1. The molecule has 0 radical (unpaired) electrons. The summed E-state index contributed by atoms with van der Waals surface area (Å²) in [6.07, 6.45) is 1.49. The number of hydrogen-bond donors (Lipinski definition) is 0. The molecular formula is C9H9NO2S. The van der Waals surface area contributed by atoms with Gasteiger partial charge in [-0.05, 0) is 5.56 Å². The molecule has 0 amide bonds.